The lowest BCUT2D eigenvalue weighted by atomic mass is 9.99. The number of anilines is 1. The molecule has 0 unspecified atom stereocenters. The topological polar surface area (TPSA) is 71.2 Å². The number of carbonyl (C=O) groups is 1. The first-order valence-corrected chi connectivity index (χ1v) is 5.75. The quantitative estimate of drug-likeness (QED) is 0.775. The summed E-state index contributed by atoms with van der Waals surface area (Å²) >= 11 is 0. The molecule has 1 amide bonds. The SMILES string of the molecule is CC1(C)CNCCN1c1ccnc(C(N)=O)c1. The van der Waals surface area contributed by atoms with Crippen LogP contribution >= 0.6 is 0 Å². The Kier molecular flexibility index (Phi) is 3.02. The minimum absolute atomic E-state index is 0.0223. The second kappa shape index (κ2) is 4.33. The average Bonchev–Trinajstić information content (AvgIpc) is 2.28. The summed E-state index contributed by atoms with van der Waals surface area (Å²) in [5, 5.41) is 3.36. The van der Waals surface area contributed by atoms with Gasteiger partial charge in [0.2, 0.25) is 0 Å². The van der Waals surface area contributed by atoms with Gasteiger partial charge in [-0.1, -0.05) is 0 Å². The van der Waals surface area contributed by atoms with Gasteiger partial charge in [-0.25, -0.2) is 0 Å². The minimum atomic E-state index is -0.486. The minimum Gasteiger partial charge on any atom is -0.364 e. The molecule has 0 atom stereocenters. The molecular weight excluding hydrogens is 216 g/mol. The van der Waals surface area contributed by atoms with Crippen molar-refractivity contribution >= 4 is 11.6 Å². The van der Waals surface area contributed by atoms with Crippen LogP contribution in [0.5, 0.6) is 0 Å². The van der Waals surface area contributed by atoms with Crippen molar-refractivity contribution in [2.24, 2.45) is 5.73 Å². The maximum Gasteiger partial charge on any atom is 0.267 e. The summed E-state index contributed by atoms with van der Waals surface area (Å²) in [6.45, 7) is 7.11. The van der Waals surface area contributed by atoms with Crippen molar-refractivity contribution in [2.75, 3.05) is 24.5 Å². The molecule has 1 aliphatic heterocycles. The standard InChI is InChI=1S/C12H18N4O/c1-12(2)8-14-5-6-16(12)9-3-4-15-10(7-9)11(13)17/h3-4,7,14H,5-6,8H2,1-2H3,(H2,13,17). The van der Waals surface area contributed by atoms with Gasteiger partial charge in [-0.05, 0) is 26.0 Å². The second-order valence-electron chi connectivity index (χ2n) is 4.90. The second-order valence-corrected chi connectivity index (χ2v) is 4.90. The number of hydrogen-bond acceptors (Lipinski definition) is 4. The van der Waals surface area contributed by atoms with Crippen molar-refractivity contribution in [2.45, 2.75) is 19.4 Å². The van der Waals surface area contributed by atoms with Gasteiger partial charge < -0.3 is 16.0 Å². The molecule has 5 nitrogen and oxygen atoms in total. The third-order valence-electron chi connectivity index (χ3n) is 3.11. The zero-order valence-electron chi connectivity index (χ0n) is 10.2. The van der Waals surface area contributed by atoms with Crippen molar-refractivity contribution in [1.29, 1.82) is 0 Å². The molecule has 0 spiro atoms. The number of hydrogen-bond donors (Lipinski definition) is 2. The molecule has 2 heterocycles. The fourth-order valence-electron chi connectivity index (χ4n) is 2.18. The van der Waals surface area contributed by atoms with E-state index >= 15 is 0 Å². The van der Waals surface area contributed by atoms with Crippen LogP contribution in [0.15, 0.2) is 18.3 Å². The molecule has 2 rings (SSSR count). The Bertz CT molecular complexity index is 430. The van der Waals surface area contributed by atoms with Crippen LogP contribution in [0.1, 0.15) is 24.3 Å². The van der Waals surface area contributed by atoms with Crippen LogP contribution in [0.3, 0.4) is 0 Å². The highest BCUT2D eigenvalue weighted by Gasteiger charge is 2.29. The van der Waals surface area contributed by atoms with Crippen LogP contribution in [0.25, 0.3) is 0 Å². The van der Waals surface area contributed by atoms with Gasteiger partial charge in [-0.2, -0.15) is 0 Å². The lowest BCUT2D eigenvalue weighted by molar-refractivity contribution is 0.0995. The van der Waals surface area contributed by atoms with Gasteiger partial charge in [0.15, 0.2) is 0 Å². The summed E-state index contributed by atoms with van der Waals surface area (Å²) in [4.78, 5) is 17.4. The van der Waals surface area contributed by atoms with Crippen molar-refractivity contribution < 1.29 is 4.79 Å². The number of amides is 1. The molecule has 5 heteroatoms. The molecule has 0 bridgehead atoms. The molecule has 0 aliphatic carbocycles. The first-order chi connectivity index (χ1) is 8.00. The number of rotatable bonds is 2. The Morgan fingerprint density at radius 1 is 1.59 bits per heavy atom. The lowest BCUT2D eigenvalue weighted by Gasteiger charge is -2.44. The van der Waals surface area contributed by atoms with Gasteiger partial charge in [0, 0.05) is 37.1 Å². The van der Waals surface area contributed by atoms with Crippen LogP contribution in [-0.4, -0.2) is 36.1 Å². The molecule has 0 radical (unpaired) electrons. The lowest BCUT2D eigenvalue weighted by Crippen LogP contribution is -2.58. The molecule has 3 N–H and O–H groups in total. The third-order valence-corrected chi connectivity index (χ3v) is 3.11. The summed E-state index contributed by atoms with van der Waals surface area (Å²) < 4.78 is 0. The van der Waals surface area contributed by atoms with Crippen LogP contribution in [-0.2, 0) is 0 Å². The number of nitrogens with two attached hydrogens (primary N) is 1. The first kappa shape index (κ1) is 11.9. The summed E-state index contributed by atoms with van der Waals surface area (Å²) in [7, 11) is 0. The zero-order chi connectivity index (χ0) is 12.5. The van der Waals surface area contributed by atoms with E-state index in [4.69, 9.17) is 5.73 Å². The predicted molar refractivity (Wildman–Crippen MR) is 67.0 cm³/mol. The van der Waals surface area contributed by atoms with E-state index in [0.29, 0.717) is 5.69 Å². The van der Waals surface area contributed by atoms with E-state index in [0.717, 1.165) is 25.3 Å². The number of carbonyl (C=O) groups excluding carboxylic acids is 1. The number of nitrogens with one attached hydrogen (secondary N) is 1. The number of nitrogens with zero attached hydrogens (tertiary/aromatic N) is 2. The fourth-order valence-corrected chi connectivity index (χ4v) is 2.18. The highest BCUT2D eigenvalue weighted by Crippen LogP contribution is 2.25. The van der Waals surface area contributed by atoms with Crippen LogP contribution in [0.4, 0.5) is 5.69 Å². The van der Waals surface area contributed by atoms with Gasteiger partial charge in [0.05, 0.1) is 0 Å². The van der Waals surface area contributed by atoms with E-state index in [2.05, 4.69) is 29.0 Å². The van der Waals surface area contributed by atoms with E-state index in [9.17, 15) is 4.79 Å². The van der Waals surface area contributed by atoms with Crippen LogP contribution in [0.2, 0.25) is 0 Å². The molecule has 1 fully saturated rings. The monoisotopic (exact) mass is 234 g/mol. The van der Waals surface area contributed by atoms with Crippen molar-refractivity contribution in [3.05, 3.63) is 24.0 Å². The van der Waals surface area contributed by atoms with Gasteiger partial charge in [0.1, 0.15) is 5.69 Å². The Hall–Kier alpha value is -1.62. The molecular formula is C12H18N4O. The molecule has 92 valence electrons. The number of piperazine rings is 1. The smallest absolute Gasteiger partial charge is 0.267 e. The largest absolute Gasteiger partial charge is 0.364 e. The Labute approximate surface area is 101 Å². The third kappa shape index (κ3) is 2.39. The molecule has 0 aromatic carbocycles. The van der Waals surface area contributed by atoms with Gasteiger partial charge in [-0.3, -0.25) is 9.78 Å². The summed E-state index contributed by atoms with van der Waals surface area (Å²) in [6.07, 6.45) is 1.63. The van der Waals surface area contributed by atoms with Crippen LogP contribution < -0.4 is 16.0 Å². The van der Waals surface area contributed by atoms with Crippen molar-refractivity contribution in [3.63, 3.8) is 0 Å². The summed E-state index contributed by atoms with van der Waals surface area (Å²) in [5.74, 6) is -0.486. The van der Waals surface area contributed by atoms with E-state index in [1.54, 1.807) is 12.3 Å². The fraction of sp³-hybridized carbons (Fsp3) is 0.500. The van der Waals surface area contributed by atoms with Crippen molar-refractivity contribution in [1.82, 2.24) is 10.3 Å². The molecule has 17 heavy (non-hydrogen) atoms. The normalized spacial score (nSPS) is 19.1. The maximum atomic E-state index is 11.1. The van der Waals surface area contributed by atoms with E-state index < -0.39 is 5.91 Å². The van der Waals surface area contributed by atoms with Gasteiger partial charge >= 0.3 is 0 Å². The van der Waals surface area contributed by atoms with Gasteiger partial charge in [-0.15, -0.1) is 0 Å². The van der Waals surface area contributed by atoms with Gasteiger partial charge in [0.25, 0.3) is 5.91 Å². The highest BCUT2D eigenvalue weighted by atomic mass is 16.1. The summed E-state index contributed by atoms with van der Waals surface area (Å²) in [5.41, 5.74) is 6.59. The van der Waals surface area contributed by atoms with Crippen molar-refractivity contribution in [3.8, 4) is 0 Å². The van der Waals surface area contributed by atoms with E-state index in [1.807, 2.05) is 6.07 Å². The number of primary amides is 1. The highest BCUT2D eigenvalue weighted by molar-refractivity contribution is 5.91. The zero-order valence-corrected chi connectivity index (χ0v) is 10.2. The van der Waals surface area contributed by atoms with E-state index in [-0.39, 0.29) is 5.54 Å². The summed E-state index contributed by atoms with van der Waals surface area (Å²) in [6, 6.07) is 3.68. The Morgan fingerprint density at radius 2 is 2.35 bits per heavy atom. The molecule has 1 aromatic heterocycles. The Morgan fingerprint density at radius 3 is 3.00 bits per heavy atom. The maximum absolute atomic E-state index is 11.1. The molecule has 0 saturated carbocycles. The first-order valence-electron chi connectivity index (χ1n) is 5.75. The Balaban J connectivity index is 2.32. The van der Waals surface area contributed by atoms with E-state index in [1.165, 1.54) is 0 Å². The molecule has 1 aromatic rings. The average molecular weight is 234 g/mol. The molecule has 1 aliphatic rings. The van der Waals surface area contributed by atoms with Crippen LogP contribution in [0, 0.1) is 0 Å². The number of pyridine rings is 1. The predicted octanol–water partition coefficient (Wildman–Crippen LogP) is 0.369. The molecule has 1 saturated heterocycles. The number of aromatic nitrogens is 1.